The Morgan fingerprint density at radius 1 is 1.09 bits per heavy atom. The number of alkyl halides is 6. The van der Waals surface area contributed by atoms with Gasteiger partial charge in [-0.2, -0.15) is 26.3 Å². The van der Waals surface area contributed by atoms with Crippen molar-refractivity contribution < 1.29 is 45.7 Å². The Kier molecular flexibility index (Phi) is 7.36. The molecule has 0 heterocycles. The van der Waals surface area contributed by atoms with Gasteiger partial charge in [-0.05, 0) is 19.3 Å². The average Bonchev–Trinajstić information content (AvgIpc) is 2.38. The van der Waals surface area contributed by atoms with E-state index in [1.807, 2.05) is 0 Å². The van der Waals surface area contributed by atoms with Gasteiger partial charge in [0, 0.05) is 12.2 Å². The molecule has 4 nitrogen and oxygen atoms in total. The summed E-state index contributed by atoms with van der Waals surface area (Å²) in [6.45, 7) is 1.01. The third-order valence-electron chi connectivity index (χ3n) is 2.74. The Morgan fingerprint density at radius 3 is 2.00 bits per heavy atom. The minimum Gasteiger partial charge on any atom is -0.466 e. The average molecular weight is 338 g/mol. The number of aliphatic hydroxyl groups is 1. The van der Waals surface area contributed by atoms with Crippen LogP contribution >= 0.6 is 0 Å². The van der Waals surface area contributed by atoms with E-state index in [4.69, 9.17) is 5.11 Å². The van der Waals surface area contributed by atoms with Crippen molar-refractivity contribution in [1.29, 1.82) is 0 Å². The summed E-state index contributed by atoms with van der Waals surface area (Å²) in [6.07, 6.45) is -11.3. The zero-order chi connectivity index (χ0) is 17.6. The normalized spacial score (nSPS) is 13.1. The van der Waals surface area contributed by atoms with E-state index >= 15 is 0 Å². The van der Waals surface area contributed by atoms with Crippen LogP contribution in [0.15, 0.2) is 12.2 Å². The van der Waals surface area contributed by atoms with Crippen LogP contribution in [-0.4, -0.2) is 49.4 Å². The third-order valence-corrected chi connectivity index (χ3v) is 2.74. The molecule has 0 spiro atoms. The number of unbranched alkanes of at least 4 members (excludes halogenated alkanes) is 1. The topological polar surface area (TPSA) is 55.8 Å². The van der Waals surface area contributed by atoms with Crippen LogP contribution in [0.5, 0.6) is 0 Å². The molecule has 0 bridgehead atoms. The molecule has 0 aliphatic rings. The van der Waals surface area contributed by atoms with Crippen LogP contribution in [0.4, 0.5) is 26.3 Å². The van der Waals surface area contributed by atoms with Gasteiger partial charge in [-0.15, -0.1) is 0 Å². The number of carbonyl (C=O) groups is 1. The molecule has 0 unspecified atom stereocenters. The lowest BCUT2D eigenvalue weighted by molar-refractivity contribution is -0.378. The van der Waals surface area contributed by atoms with Crippen molar-refractivity contribution in [3.8, 4) is 0 Å². The Hall–Kier alpha value is -1.29. The summed E-state index contributed by atoms with van der Waals surface area (Å²) in [6, 6.07) is 0. The second-order valence-electron chi connectivity index (χ2n) is 4.46. The van der Waals surface area contributed by atoms with E-state index in [1.54, 1.807) is 0 Å². The van der Waals surface area contributed by atoms with E-state index in [-0.39, 0.29) is 24.8 Å². The number of ether oxygens (including phenoxy) is 2. The van der Waals surface area contributed by atoms with Crippen LogP contribution in [0.3, 0.4) is 0 Å². The maximum atomic E-state index is 12.3. The van der Waals surface area contributed by atoms with Gasteiger partial charge in [-0.25, -0.2) is 4.79 Å². The Bertz CT molecular complexity index is 374. The smallest absolute Gasteiger partial charge is 0.428 e. The molecule has 0 rings (SSSR count). The third kappa shape index (κ3) is 5.48. The van der Waals surface area contributed by atoms with Crippen LogP contribution < -0.4 is 0 Å². The molecule has 0 aromatic carbocycles. The van der Waals surface area contributed by atoms with Gasteiger partial charge in [-0.3, -0.25) is 0 Å². The van der Waals surface area contributed by atoms with Crippen LogP contribution in [0.2, 0.25) is 0 Å². The van der Waals surface area contributed by atoms with E-state index < -0.39 is 37.1 Å². The fourth-order valence-corrected chi connectivity index (χ4v) is 1.33. The SMILES string of the molecule is C=C(CCCCOCC(O)(C(F)(F)F)C(F)(F)F)C(=O)OC. The molecule has 0 saturated carbocycles. The summed E-state index contributed by atoms with van der Waals surface area (Å²) in [5.74, 6) is -0.649. The molecule has 130 valence electrons. The number of hydrogen-bond acceptors (Lipinski definition) is 4. The van der Waals surface area contributed by atoms with Gasteiger partial charge in [0.2, 0.25) is 0 Å². The highest BCUT2D eigenvalue weighted by Crippen LogP contribution is 2.43. The highest BCUT2D eigenvalue weighted by molar-refractivity contribution is 5.87. The van der Waals surface area contributed by atoms with Gasteiger partial charge in [0.05, 0.1) is 13.7 Å². The quantitative estimate of drug-likeness (QED) is 0.320. The zero-order valence-corrected chi connectivity index (χ0v) is 11.7. The molecule has 0 atom stereocenters. The molecule has 0 amide bonds. The van der Waals surface area contributed by atoms with E-state index in [1.165, 1.54) is 0 Å². The zero-order valence-electron chi connectivity index (χ0n) is 11.7. The number of carbonyl (C=O) groups excluding carboxylic acids is 1. The minimum absolute atomic E-state index is 0.0851. The molecule has 0 saturated heterocycles. The van der Waals surface area contributed by atoms with Gasteiger partial charge >= 0.3 is 18.3 Å². The molecule has 1 N–H and O–H groups in total. The van der Waals surface area contributed by atoms with Crippen LogP contribution in [-0.2, 0) is 14.3 Å². The van der Waals surface area contributed by atoms with E-state index in [0.29, 0.717) is 0 Å². The van der Waals surface area contributed by atoms with Crippen LogP contribution in [0.1, 0.15) is 19.3 Å². The number of hydrogen-bond donors (Lipinski definition) is 1. The van der Waals surface area contributed by atoms with Gasteiger partial charge in [0.25, 0.3) is 5.60 Å². The first-order valence-electron chi connectivity index (χ1n) is 6.06. The van der Waals surface area contributed by atoms with Crippen LogP contribution in [0.25, 0.3) is 0 Å². The molecule has 0 aliphatic carbocycles. The molecular formula is C12H16F6O4. The van der Waals surface area contributed by atoms with Crippen molar-refractivity contribution in [3.05, 3.63) is 12.2 Å². The Morgan fingerprint density at radius 2 is 1.59 bits per heavy atom. The van der Waals surface area contributed by atoms with E-state index in [2.05, 4.69) is 16.1 Å². The van der Waals surface area contributed by atoms with E-state index in [9.17, 15) is 31.1 Å². The molecular weight excluding hydrogens is 322 g/mol. The van der Waals surface area contributed by atoms with Crippen molar-refractivity contribution in [2.24, 2.45) is 0 Å². The summed E-state index contributed by atoms with van der Waals surface area (Å²) in [5.41, 5.74) is -4.78. The van der Waals surface area contributed by atoms with Crippen LogP contribution in [0, 0.1) is 0 Å². The van der Waals surface area contributed by atoms with Gasteiger partial charge in [0.1, 0.15) is 0 Å². The largest absolute Gasteiger partial charge is 0.466 e. The van der Waals surface area contributed by atoms with Crippen molar-refractivity contribution in [2.45, 2.75) is 37.2 Å². The summed E-state index contributed by atoms with van der Waals surface area (Å²) < 4.78 is 82.4. The number of halogens is 6. The standard InChI is InChI=1S/C12H16F6O4/c1-8(9(19)21-2)5-3-4-6-22-7-10(20,11(13,14)15)12(16,17)18/h20H,1,3-7H2,2H3. The lowest BCUT2D eigenvalue weighted by Crippen LogP contribution is -2.60. The monoisotopic (exact) mass is 338 g/mol. The second-order valence-corrected chi connectivity index (χ2v) is 4.46. The first-order valence-corrected chi connectivity index (χ1v) is 6.06. The maximum Gasteiger partial charge on any atom is 0.428 e. The molecule has 0 aliphatic heterocycles. The lowest BCUT2D eigenvalue weighted by Gasteiger charge is -2.31. The first kappa shape index (κ1) is 20.7. The highest BCUT2D eigenvalue weighted by atomic mass is 19.4. The number of rotatable bonds is 8. The Labute approximate surface area is 122 Å². The van der Waals surface area contributed by atoms with Gasteiger partial charge in [-0.1, -0.05) is 6.58 Å². The lowest BCUT2D eigenvalue weighted by atomic mass is 10.0. The van der Waals surface area contributed by atoms with Gasteiger partial charge in [0.15, 0.2) is 0 Å². The van der Waals surface area contributed by atoms with Crippen molar-refractivity contribution in [1.82, 2.24) is 0 Å². The summed E-state index contributed by atoms with van der Waals surface area (Å²) >= 11 is 0. The molecule has 0 fully saturated rings. The minimum atomic E-state index is -5.90. The molecule has 0 radical (unpaired) electrons. The summed E-state index contributed by atoms with van der Waals surface area (Å²) in [7, 11) is 1.14. The molecule has 0 aromatic heterocycles. The molecule has 0 aromatic rings. The van der Waals surface area contributed by atoms with Crippen molar-refractivity contribution in [2.75, 3.05) is 20.3 Å². The Balaban J connectivity index is 4.23. The fourth-order valence-electron chi connectivity index (χ4n) is 1.33. The predicted octanol–water partition coefficient (Wildman–Crippen LogP) is 2.76. The fraction of sp³-hybridized carbons (Fsp3) is 0.750. The summed E-state index contributed by atoms with van der Waals surface area (Å²) in [4.78, 5) is 10.9. The number of esters is 1. The highest BCUT2D eigenvalue weighted by Gasteiger charge is 2.70. The predicted molar refractivity (Wildman–Crippen MR) is 62.9 cm³/mol. The van der Waals surface area contributed by atoms with E-state index in [0.717, 1.165) is 7.11 Å². The van der Waals surface area contributed by atoms with Gasteiger partial charge < -0.3 is 14.6 Å². The second kappa shape index (κ2) is 7.82. The first-order chi connectivity index (χ1) is 9.87. The summed E-state index contributed by atoms with van der Waals surface area (Å²) in [5, 5.41) is 8.78. The van der Waals surface area contributed by atoms with Crippen molar-refractivity contribution >= 4 is 5.97 Å². The number of methoxy groups -OCH3 is 1. The maximum absolute atomic E-state index is 12.3. The molecule has 10 heteroatoms. The molecule has 22 heavy (non-hydrogen) atoms. The van der Waals surface area contributed by atoms with Crippen molar-refractivity contribution in [3.63, 3.8) is 0 Å².